The highest BCUT2D eigenvalue weighted by atomic mass is 16.3. The Bertz CT molecular complexity index is 350. The van der Waals surface area contributed by atoms with Crippen molar-refractivity contribution < 1.29 is 9.90 Å². The number of hydrogen-bond acceptors (Lipinski definition) is 2. The molecule has 1 aromatic carbocycles. The van der Waals surface area contributed by atoms with Crippen LogP contribution in [0.3, 0.4) is 0 Å². The van der Waals surface area contributed by atoms with E-state index in [9.17, 15) is 9.90 Å². The van der Waals surface area contributed by atoms with Gasteiger partial charge < -0.3 is 10.4 Å². The third-order valence-corrected chi connectivity index (χ3v) is 3.18. The van der Waals surface area contributed by atoms with Crippen molar-refractivity contribution in [2.75, 3.05) is 6.54 Å². The van der Waals surface area contributed by atoms with Crippen molar-refractivity contribution in [1.82, 2.24) is 5.32 Å². The molecule has 86 valence electrons. The second kappa shape index (κ2) is 5.12. The molecule has 3 heteroatoms. The quantitative estimate of drug-likeness (QED) is 0.810. The minimum atomic E-state index is -0.240. The highest BCUT2D eigenvalue weighted by Gasteiger charge is 2.25. The van der Waals surface area contributed by atoms with Gasteiger partial charge in [-0.15, -0.1) is 0 Å². The fourth-order valence-electron chi connectivity index (χ4n) is 2.17. The van der Waals surface area contributed by atoms with Gasteiger partial charge in [-0.2, -0.15) is 0 Å². The van der Waals surface area contributed by atoms with Gasteiger partial charge in [-0.05, 0) is 25.0 Å². The first-order chi connectivity index (χ1) is 7.77. The topological polar surface area (TPSA) is 49.3 Å². The van der Waals surface area contributed by atoms with Gasteiger partial charge in [0.05, 0.1) is 6.10 Å². The van der Waals surface area contributed by atoms with Crippen molar-refractivity contribution in [3.8, 4) is 0 Å². The number of aliphatic hydroxyl groups is 1. The third-order valence-electron chi connectivity index (χ3n) is 3.18. The maximum absolute atomic E-state index is 11.7. The standard InChI is InChI=1S/C13H17NO2/c15-12-8-4-7-11(12)9-14-13(16)10-5-2-1-3-6-10/h1-3,5-6,11-12,15H,4,7-9H2,(H,14,16). The molecule has 0 saturated heterocycles. The number of amides is 1. The zero-order chi connectivity index (χ0) is 11.4. The fourth-order valence-corrected chi connectivity index (χ4v) is 2.17. The minimum absolute atomic E-state index is 0.0558. The van der Waals surface area contributed by atoms with Crippen molar-refractivity contribution in [3.05, 3.63) is 35.9 Å². The lowest BCUT2D eigenvalue weighted by Gasteiger charge is -2.14. The highest BCUT2D eigenvalue weighted by Crippen LogP contribution is 2.24. The first-order valence-electron chi connectivity index (χ1n) is 5.78. The summed E-state index contributed by atoms with van der Waals surface area (Å²) in [6.07, 6.45) is 2.70. The van der Waals surface area contributed by atoms with Crippen molar-refractivity contribution in [1.29, 1.82) is 0 Å². The van der Waals surface area contributed by atoms with Crippen LogP contribution in [-0.4, -0.2) is 23.7 Å². The smallest absolute Gasteiger partial charge is 0.251 e. The molecule has 1 fully saturated rings. The average molecular weight is 219 g/mol. The molecular weight excluding hydrogens is 202 g/mol. The fraction of sp³-hybridized carbons (Fsp3) is 0.462. The first-order valence-corrected chi connectivity index (χ1v) is 5.78. The lowest BCUT2D eigenvalue weighted by Crippen LogP contribution is -2.32. The molecule has 2 N–H and O–H groups in total. The van der Waals surface area contributed by atoms with Gasteiger partial charge in [-0.25, -0.2) is 0 Å². The molecule has 2 rings (SSSR count). The van der Waals surface area contributed by atoms with E-state index >= 15 is 0 Å². The van der Waals surface area contributed by atoms with Crippen LogP contribution < -0.4 is 5.32 Å². The summed E-state index contributed by atoms with van der Waals surface area (Å²) in [4.78, 5) is 11.7. The summed E-state index contributed by atoms with van der Waals surface area (Å²) >= 11 is 0. The van der Waals surface area contributed by atoms with Gasteiger partial charge in [0.1, 0.15) is 0 Å². The van der Waals surface area contributed by atoms with E-state index in [0.717, 1.165) is 19.3 Å². The number of nitrogens with one attached hydrogen (secondary N) is 1. The second-order valence-corrected chi connectivity index (χ2v) is 4.33. The molecule has 1 saturated carbocycles. The monoisotopic (exact) mass is 219 g/mol. The molecule has 0 heterocycles. The summed E-state index contributed by atoms with van der Waals surface area (Å²) in [5.41, 5.74) is 0.676. The van der Waals surface area contributed by atoms with E-state index in [0.29, 0.717) is 12.1 Å². The maximum Gasteiger partial charge on any atom is 0.251 e. The predicted molar refractivity (Wildman–Crippen MR) is 62.1 cm³/mol. The Balaban J connectivity index is 1.84. The minimum Gasteiger partial charge on any atom is -0.393 e. The average Bonchev–Trinajstić information content (AvgIpc) is 2.73. The van der Waals surface area contributed by atoms with Crippen LogP contribution in [0.15, 0.2) is 30.3 Å². The number of carbonyl (C=O) groups excluding carboxylic acids is 1. The Morgan fingerprint density at radius 1 is 1.31 bits per heavy atom. The van der Waals surface area contributed by atoms with Gasteiger partial charge in [-0.1, -0.05) is 24.6 Å². The van der Waals surface area contributed by atoms with E-state index in [-0.39, 0.29) is 17.9 Å². The summed E-state index contributed by atoms with van der Waals surface area (Å²) < 4.78 is 0. The molecule has 1 aromatic rings. The molecule has 16 heavy (non-hydrogen) atoms. The van der Waals surface area contributed by atoms with Gasteiger partial charge in [-0.3, -0.25) is 4.79 Å². The Morgan fingerprint density at radius 3 is 2.69 bits per heavy atom. The van der Waals surface area contributed by atoms with E-state index in [2.05, 4.69) is 5.32 Å². The first kappa shape index (κ1) is 11.1. The lowest BCUT2D eigenvalue weighted by molar-refractivity contribution is 0.0917. The number of aliphatic hydroxyl groups excluding tert-OH is 1. The van der Waals surface area contributed by atoms with E-state index in [4.69, 9.17) is 0 Å². The third kappa shape index (κ3) is 2.61. The summed E-state index contributed by atoms with van der Waals surface area (Å²) in [7, 11) is 0. The van der Waals surface area contributed by atoms with Gasteiger partial charge in [0.25, 0.3) is 5.91 Å². The normalized spacial score (nSPS) is 24.3. The van der Waals surface area contributed by atoms with Crippen molar-refractivity contribution in [2.24, 2.45) is 5.92 Å². The van der Waals surface area contributed by atoms with Crippen LogP contribution in [-0.2, 0) is 0 Å². The van der Waals surface area contributed by atoms with Gasteiger partial charge in [0.15, 0.2) is 0 Å². The van der Waals surface area contributed by atoms with Gasteiger partial charge in [0, 0.05) is 18.0 Å². The zero-order valence-corrected chi connectivity index (χ0v) is 9.23. The van der Waals surface area contributed by atoms with Crippen molar-refractivity contribution in [2.45, 2.75) is 25.4 Å². The van der Waals surface area contributed by atoms with Crippen LogP contribution in [0, 0.1) is 5.92 Å². The van der Waals surface area contributed by atoms with Gasteiger partial charge in [0.2, 0.25) is 0 Å². The number of carbonyl (C=O) groups is 1. The molecular formula is C13H17NO2. The molecule has 1 amide bonds. The van der Waals surface area contributed by atoms with Crippen molar-refractivity contribution in [3.63, 3.8) is 0 Å². The number of rotatable bonds is 3. The molecule has 0 radical (unpaired) electrons. The number of benzene rings is 1. The Hall–Kier alpha value is -1.35. The Kier molecular flexibility index (Phi) is 3.57. The molecule has 2 atom stereocenters. The van der Waals surface area contributed by atoms with E-state index in [1.165, 1.54) is 0 Å². The molecule has 0 aliphatic heterocycles. The maximum atomic E-state index is 11.7. The Labute approximate surface area is 95.5 Å². The summed E-state index contributed by atoms with van der Waals surface area (Å²) in [6.45, 7) is 0.578. The van der Waals surface area contributed by atoms with Gasteiger partial charge >= 0.3 is 0 Å². The molecule has 1 aliphatic rings. The molecule has 0 spiro atoms. The van der Waals surface area contributed by atoms with Crippen molar-refractivity contribution >= 4 is 5.91 Å². The van der Waals surface area contributed by atoms with Crippen LogP contribution >= 0.6 is 0 Å². The molecule has 2 unspecified atom stereocenters. The molecule has 1 aliphatic carbocycles. The molecule has 0 bridgehead atoms. The number of hydrogen-bond donors (Lipinski definition) is 2. The highest BCUT2D eigenvalue weighted by molar-refractivity contribution is 5.94. The van der Waals surface area contributed by atoms with Crippen LogP contribution in [0.25, 0.3) is 0 Å². The summed E-state index contributed by atoms with van der Waals surface area (Å²) in [6, 6.07) is 9.16. The van der Waals surface area contributed by atoms with Crippen LogP contribution in [0.4, 0.5) is 0 Å². The SMILES string of the molecule is O=C(NCC1CCCC1O)c1ccccc1. The second-order valence-electron chi connectivity index (χ2n) is 4.33. The molecule has 3 nitrogen and oxygen atoms in total. The largest absolute Gasteiger partial charge is 0.393 e. The van der Waals surface area contributed by atoms with Crippen LogP contribution in [0.1, 0.15) is 29.6 Å². The Morgan fingerprint density at radius 2 is 2.06 bits per heavy atom. The lowest BCUT2D eigenvalue weighted by atomic mass is 10.1. The van der Waals surface area contributed by atoms with Crippen LogP contribution in [0.5, 0.6) is 0 Å². The summed E-state index contributed by atoms with van der Waals surface area (Å²) in [5, 5.41) is 12.5. The summed E-state index contributed by atoms with van der Waals surface area (Å²) in [5.74, 6) is 0.173. The van der Waals surface area contributed by atoms with E-state index < -0.39 is 0 Å². The predicted octanol–water partition coefficient (Wildman–Crippen LogP) is 1.58. The zero-order valence-electron chi connectivity index (χ0n) is 9.23. The van der Waals surface area contributed by atoms with E-state index in [1.54, 1.807) is 12.1 Å². The van der Waals surface area contributed by atoms with E-state index in [1.807, 2.05) is 18.2 Å². The van der Waals surface area contributed by atoms with Crippen LogP contribution in [0.2, 0.25) is 0 Å². The molecule has 0 aromatic heterocycles.